The Labute approximate surface area is 240 Å². The number of nitriles is 1. The lowest BCUT2D eigenvalue weighted by atomic mass is 9.97. The average molecular weight is 589 g/mol. The Bertz CT molecular complexity index is 1820. The number of nitrogens with zero attached hydrogens (tertiary/aromatic N) is 3. The Hall–Kier alpha value is -5.78. The fraction of sp³-hybridized carbons (Fsp3) is 0.103. The SMILES string of the molecule is N#Cc1c(F)c(C(=O)c2ccc(F)c([N+](=O)[O-])c2)cc([N+](=O)[O-])c1Oc1ccc(C2(c3ccc(O)cc3)OCCO2)cc1. The summed E-state index contributed by atoms with van der Waals surface area (Å²) >= 11 is 0. The smallest absolute Gasteiger partial charge is 0.313 e. The first kappa shape index (κ1) is 28.7. The van der Waals surface area contributed by atoms with Crippen LogP contribution >= 0.6 is 0 Å². The van der Waals surface area contributed by atoms with Gasteiger partial charge in [0.15, 0.2) is 11.6 Å². The van der Waals surface area contributed by atoms with Gasteiger partial charge in [0.1, 0.15) is 23.1 Å². The van der Waals surface area contributed by atoms with Crippen LogP contribution in [-0.2, 0) is 15.3 Å². The van der Waals surface area contributed by atoms with Crippen molar-refractivity contribution in [1.82, 2.24) is 0 Å². The van der Waals surface area contributed by atoms with Crippen molar-refractivity contribution in [3.05, 3.63) is 132 Å². The number of hydrogen-bond donors (Lipinski definition) is 1. The lowest BCUT2D eigenvalue weighted by Gasteiger charge is -2.28. The maximum atomic E-state index is 15.5. The van der Waals surface area contributed by atoms with Gasteiger partial charge in [0.2, 0.25) is 17.4 Å². The number of ether oxygens (including phenoxy) is 3. The van der Waals surface area contributed by atoms with Gasteiger partial charge in [-0.25, -0.2) is 4.39 Å². The van der Waals surface area contributed by atoms with E-state index in [1.54, 1.807) is 12.1 Å². The lowest BCUT2D eigenvalue weighted by Crippen LogP contribution is -2.28. The molecular formula is C29H17F2N3O9. The first-order chi connectivity index (χ1) is 20.6. The van der Waals surface area contributed by atoms with E-state index in [1.807, 2.05) is 0 Å². The van der Waals surface area contributed by atoms with E-state index in [9.17, 15) is 39.8 Å². The molecule has 12 nitrogen and oxygen atoms in total. The van der Waals surface area contributed by atoms with E-state index < -0.39 is 66.9 Å². The summed E-state index contributed by atoms with van der Waals surface area (Å²) in [5.74, 6) is -6.10. The summed E-state index contributed by atoms with van der Waals surface area (Å²) in [6.45, 7) is 0.541. The molecule has 0 unspecified atom stereocenters. The summed E-state index contributed by atoms with van der Waals surface area (Å²) in [5.41, 5.74) is -3.38. The number of nitro groups is 2. The van der Waals surface area contributed by atoms with Crippen molar-refractivity contribution in [1.29, 1.82) is 5.26 Å². The highest BCUT2D eigenvalue weighted by molar-refractivity contribution is 6.10. The Morgan fingerprint density at radius 1 is 0.907 bits per heavy atom. The summed E-state index contributed by atoms with van der Waals surface area (Å²) in [5, 5.41) is 42.3. The van der Waals surface area contributed by atoms with Gasteiger partial charge in [-0.15, -0.1) is 0 Å². The molecular weight excluding hydrogens is 572 g/mol. The molecule has 0 radical (unpaired) electrons. The minimum absolute atomic E-state index is 0.0365. The van der Waals surface area contributed by atoms with Crippen LogP contribution in [0.25, 0.3) is 0 Å². The van der Waals surface area contributed by atoms with Crippen LogP contribution in [0, 0.1) is 43.2 Å². The molecule has 0 saturated carbocycles. The summed E-state index contributed by atoms with van der Waals surface area (Å²) in [7, 11) is 0. The van der Waals surface area contributed by atoms with Crippen molar-refractivity contribution in [2.24, 2.45) is 0 Å². The summed E-state index contributed by atoms with van der Waals surface area (Å²) in [6.07, 6.45) is 0. The zero-order valence-electron chi connectivity index (χ0n) is 21.7. The number of ketones is 1. The Morgan fingerprint density at radius 3 is 2.05 bits per heavy atom. The van der Waals surface area contributed by atoms with Crippen LogP contribution in [0.3, 0.4) is 0 Å². The van der Waals surface area contributed by atoms with E-state index in [-0.39, 0.29) is 24.7 Å². The van der Waals surface area contributed by atoms with Crippen LogP contribution in [0.5, 0.6) is 17.2 Å². The van der Waals surface area contributed by atoms with Gasteiger partial charge in [-0.2, -0.15) is 9.65 Å². The largest absolute Gasteiger partial charge is 0.508 e. The number of benzene rings is 4. The molecule has 4 aromatic carbocycles. The molecule has 0 amide bonds. The van der Waals surface area contributed by atoms with Gasteiger partial charge in [-0.05, 0) is 60.7 Å². The highest BCUT2D eigenvalue weighted by atomic mass is 19.1. The van der Waals surface area contributed by atoms with Crippen molar-refractivity contribution >= 4 is 17.2 Å². The minimum Gasteiger partial charge on any atom is -0.508 e. The average Bonchev–Trinajstić information content (AvgIpc) is 3.49. The highest BCUT2D eigenvalue weighted by Crippen LogP contribution is 2.42. The molecule has 216 valence electrons. The predicted molar refractivity (Wildman–Crippen MR) is 142 cm³/mol. The first-order valence-electron chi connectivity index (χ1n) is 12.3. The predicted octanol–water partition coefficient (Wildman–Crippen LogP) is 5.63. The molecule has 1 N–H and O–H groups in total. The number of nitro benzene ring substituents is 2. The fourth-order valence-corrected chi connectivity index (χ4v) is 4.53. The number of rotatable bonds is 8. The van der Waals surface area contributed by atoms with Crippen molar-refractivity contribution in [3.8, 4) is 23.3 Å². The number of phenols is 1. The van der Waals surface area contributed by atoms with Crippen molar-refractivity contribution < 1.29 is 42.7 Å². The van der Waals surface area contributed by atoms with Crippen LogP contribution in [0.15, 0.2) is 72.8 Å². The van der Waals surface area contributed by atoms with Crippen molar-refractivity contribution in [3.63, 3.8) is 0 Å². The third-order valence-electron chi connectivity index (χ3n) is 6.55. The molecule has 0 bridgehead atoms. The monoisotopic (exact) mass is 589 g/mol. The standard InChI is InChI=1S/C29H17F2N3O9/c30-23-10-1-16(13-24(23)33(37)38)27(36)21-14-25(34(39)40)28(22(15-32)26(21)31)43-20-8-4-18(5-9-20)29(41-11-12-42-29)17-2-6-19(35)7-3-17/h1-10,13-14,35H,11-12H2. The van der Waals surface area contributed by atoms with E-state index in [0.29, 0.717) is 29.3 Å². The van der Waals surface area contributed by atoms with Crippen LogP contribution in [0.1, 0.15) is 32.6 Å². The first-order valence-corrected chi connectivity index (χ1v) is 12.3. The van der Waals surface area contributed by atoms with Gasteiger partial charge >= 0.3 is 11.4 Å². The van der Waals surface area contributed by atoms with Crippen LogP contribution in [0.2, 0.25) is 0 Å². The summed E-state index contributed by atoms with van der Waals surface area (Å²) < 4.78 is 46.6. The van der Waals surface area contributed by atoms with Crippen molar-refractivity contribution in [2.45, 2.75) is 5.79 Å². The molecule has 0 aliphatic carbocycles. The number of carbonyl (C=O) groups is 1. The molecule has 14 heteroatoms. The van der Waals surface area contributed by atoms with Gasteiger partial charge in [0.25, 0.3) is 0 Å². The van der Waals surface area contributed by atoms with Gasteiger partial charge in [0, 0.05) is 28.8 Å². The second-order valence-corrected chi connectivity index (χ2v) is 9.07. The third-order valence-corrected chi connectivity index (χ3v) is 6.55. The Balaban J connectivity index is 1.52. The van der Waals surface area contributed by atoms with E-state index >= 15 is 4.39 Å². The summed E-state index contributed by atoms with van der Waals surface area (Å²) in [4.78, 5) is 33.9. The maximum Gasteiger partial charge on any atom is 0.313 e. The van der Waals surface area contributed by atoms with Crippen molar-refractivity contribution in [2.75, 3.05) is 13.2 Å². The zero-order chi connectivity index (χ0) is 30.9. The van der Waals surface area contributed by atoms with Gasteiger partial charge in [-0.1, -0.05) is 0 Å². The van der Waals surface area contributed by atoms with Gasteiger partial charge in [-0.3, -0.25) is 25.0 Å². The van der Waals surface area contributed by atoms with E-state index in [0.717, 1.165) is 6.07 Å². The van der Waals surface area contributed by atoms with Crippen LogP contribution in [0.4, 0.5) is 20.2 Å². The second kappa shape index (κ2) is 11.2. The fourth-order valence-electron chi connectivity index (χ4n) is 4.53. The minimum atomic E-state index is -1.48. The normalized spacial score (nSPS) is 13.7. The number of aromatic hydroxyl groups is 1. The zero-order valence-corrected chi connectivity index (χ0v) is 21.7. The van der Waals surface area contributed by atoms with E-state index in [4.69, 9.17) is 14.2 Å². The second-order valence-electron chi connectivity index (χ2n) is 9.07. The number of halogens is 2. The van der Waals surface area contributed by atoms with Crippen LogP contribution < -0.4 is 4.74 Å². The molecule has 1 aliphatic heterocycles. The van der Waals surface area contributed by atoms with Gasteiger partial charge < -0.3 is 19.3 Å². The Morgan fingerprint density at radius 2 is 1.49 bits per heavy atom. The molecule has 1 aliphatic rings. The number of carbonyl (C=O) groups excluding carboxylic acids is 1. The van der Waals surface area contributed by atoms with E-state index in [1.165, 1.54) is 42.5 Å². The molecule has 4 aromatic rings. The molecule has 5 rings (SSSR count). The molecule has 43 heavy (non-hydrogen) atoms. The number of phenolic OH excluding ortho intramolecular Hbond substituents is 1. The number of hydrogen-bond acceptors (Lipinski definition) is 10. The van der Waals surface area contributed by atoms with Crippen LogP contribution in [-0.4, -0.2) is 34.0 Å². The molecule has 0 spiro atoms. The van der Waals surface area contributed by atoms with E-state index in [2.05, 4.69) is 0 Å². The summed E-state index contributed by atoms with van der Waals surface area (Å²) in [6, 6.07) is 16.0. The van der Waals surface area contributed by atoms with Gasteiger partial charge in [0.05, 0.1) is 28.6 Å². The lowest BCUT2D eigenvalue weighted by molar-refractivity contribution is -0.387. The molecule has 1 saturated heterocycles. The molecule has 1 fully saturated rings. The molecule has 0 atom stereocenters. The third kappa shape index (κ3) is 5.21. The molecule has 0 aromatic heterocycles. The Kier molecular flexibility index (Phi) is 7.51. The highest BCUT2D eigenvalue weighted by Gasteiger charge is 2.41. The quantitative estimate of drug-likeness (QED) is 0.154. The maximum absolute atomic E-state index is 15.5. The molecule has 1 heterocycles. The topological polar surface area (TPSA) is 175 Å².